The molecule has 0 saturated carbocycles. The van der Waals surface area contributed by atoms with Crippen LogP contribution in [0.1, 0.15) is 34.9 Å². The van der Waals surface area contributed by atoms with Crippen molar-refractivity contribution in [3.05, 3.63) is 66.0 Å². The minimum absolute atomic E-state index is 0.179. The van der Waals surface area contributed by atoms with Crippen molar-refractivity contribution in [1.29, 1.82) is 0 Å². The summed E-state index contributed by atoms with van der Waals surface area (Å²) in [6.45, 7) is 1.97. The molecule has 2 aromatic carbocycles. The Morgan fingerprint density at radius 3 is 2.41 bits per heavy atom. The summed E-state index contributed by atoms with van der Waals surface area (Å²) < 4.78 is 1.65. The highest BCUT2D eigenvalue weighted by Gasteiger charge is 2.21. The van der Waals surface area contributed by atoms with E-state index in [4.69, 9.17) is 0 Å². The Morgan fingerprint density at radius 1 is 1.04 bits per heavy atom. The molecule has 0 unspecified atom stereocenters. The smallest absolute Gasteiger partial charge is 0.258 e. The molecule has 138 valence electrons. The summed E-state index contributed by atoms with van der Waals surface area (Å²) >= 11 is 0. The number of piperidine rings is 1. The number of nitrogens with one attached hydrogen (secondary N) is 2. The van der Waals surface area contributed by atoms with Crippen LogP contribution in [-0.4, -0.2) is 33.8 Å². The number of nitrogens with zero attached hydrogens (tertiary/aromatic N) is 3. The van der Waals surface area contributed by atoms with Crippen LogP contribution >= 0.6 is 0 Å². The summed E-state index contributed by atoms with van der Waals surface area (Å²) in [7, 11) is 1.81. The van der Waals surface area contributed by atoms with E-state index in [1.165, 1.54) is 0 Å². The van der Waals surface area contributed by atoms with Crippen LogP contribution in [0.5, 0.6) is 0 Å². The Morgan fingerprint density at radius 2 is 1.70 bits per heavy atom. The first kappa shape index (κ1) is 17.4. The van der Waals surface area contributed by atoms with Crippen molar-refractivity contribution in [3.8, 4) is 11.1 Å². The number of aromatic nitrogens is 3. The van der Waals surface area contributed by atoms with E-state index >= 15 is 0 Å². The van der Waals surface area contributed by atoms with Crippen LogP contribution in [0.3, 0.4) is 0 Å². The normalized spacial score (nSPS) is 14.9. The van der Waals surface area contributed by atoms with Gasteiger partial charge in [0.15, 0.2) is 5.82 Å². The van der Waals surface area contributed by atoms with Crippen molar-refractivity contribution in [1.82, 2.24) is 20.1 Å². The zero-order chi connectivity index (χ0) is 18.6. The Bertz CT molecular complexity index is 912. The predicted molar refractivity (Wildman–Crippen MR) is 106 cm³/mol. The summed E-state index contributed by atoms with van der Waals surface area (Å²) in [6, 6.07) is 17.7. The van der Waals surface area contributed by atoms with E-state index in [0.29, 0.717) is 17.4 Å². The van der Waals surface area contributed by atoms with Gasteiger partial charge in [0, 0.05) is 18.5 Å². The van der Waals surface area contributed by atoms with Gasteiger partial charge in [0.2, 0.25) is 5.95 Å². The second-order valence-corrected chi connectivity index (χ2v) is 6.84. The van der Waals surface area contributed by atoms with Crippen LogP contribution < -0.4 is 10.6 Å². The maximum Gasteiger partial charge on any atom is 0.258 e. The number of aryl methyl sites for hydroxylation is 1. The molecule has 0 spiro atoms. The van der Waals surface area contributed by atoms with Crippen molar-refractivity contribution < 1.29 is 4.79 Å². The SMILES string of the molecule is Cn1nc(C2CCNCC2)nc1NC(=O)c1ccc(-c2ccccc2)cc1. The third kappa shape index (κ3) is 3.90. The minimum Gasteiger partial charge on any atom is -0.317 e. The molecule has 2 N–H and O–H groups in total. The summed E-state index contributed by atoms with van der Waals surface area (Å²) in [5.41, 5.74) is 2.81. The van der Waals surface area contributed by atoms with Gasteiger partial charge in [0.05, 0.1) is 0 Å². The molecule has 0 atom stereocenters. The number of carbonyl (C=O) groups excluding carboxylic acids is 1. The lowest BCUT2D eigenvalue weighted by atomic mass is 9.98. The van der Waals surface area contributed by atoms with Crippen molar-refractivity contribution in [2.45, 2.75) is 18.8 Å². The van der Waals surface area contributed by atoms with Crippen molar-refractivity contribution >= 4 is 11.9 Å². The fraction of sp³-hybridized carbons (Fsp3) is 0.286. The van der Waals surface area contributed by atoms with Crippen LogP contribution in [-0.2, 0) is 7.05 Å². The highest BCUT2D eigenvalue weighted by Crippen LogP contribution is 2.24. The largest absolute Gasteiger partial charge is 0.317 e. The number of hydrogen-bond acceptors (Lipinski definition) is 4. The average Bonchev–Trinajstić information content (AvgIpc) is 3.10. The number of benzene rings is 2. The molecule has 1 aliphatic rings. The van der Waals surface area contributed by atoms with Gasteiger partial charge in [-0.05, 0) is 49.2 Å². The molecule has 0 bridgehead atoms. The first-order chi connectivity index (χ1) is 13.2. The molecule has 4 rings (SSSR count). The van der Waals surface area contributed by atoms with Crippen LogP contribution in [0.4, 0.5) is 5.95 Å². The van der Waals surface area contributed by atoms with E-state index in [9.17, 15) is 4.79 Å². The number of rotatable bonds is 4. The zero-order valence-electron chi connectivity index (χ0n) is 15.4. The summed E-state index contributed by atoms with van der Waals surface area (Å²) in [4.78, 5) is 17.2. The van der Waals surface area contributed by atoms with Gasteiger partial charge in [-0.2, -0.15) is 10.1 Å². The Balaban J connectivity index is 1.47. The van der Waals surface area contributed by atoms with E-state index in [1.807, 2.05) is 49.5 Å². The van der Waals surface area contributed by atoms with E-state index in [0.717, 1.165) is 42.9 Å². The quantitative estimate of drug-likeness (QED) is 0.749. The number of anilines is 1. The summed E-state index contributed by atoms with van der Waals surface area (Å²) in [5.74, 6) is 1.48. The van der Waals surface area contributed by atoms with Crippen LogP contribution in [0.25, 0.3) is 11.1 Å². The van der Waals surface area contributed by atoms with Gasteiger partial charge in [-0.25, -0.2) is 4.68 Å². The standard InChI is InChI=1S/C21H23N5O/c1-26-21(23-19(25-26)17-11-13-22-14-12-17)24-20(27)18-9-7-16(8-10-18)15-5-3-2-4-6-15/h2-10,17,22H,11-14H2,1H3,(H,23,24,25,27). The lowest BCUT2D eigenvalue weighted by Gasteiger charge is -2.19. The molecule has 1 amide bonds. The molecule has 1 saturated heterocycles. The van der Waals surface area contributed by atoms with Gasteiger partial charge < -0.3 is 5.32 Å². The van der Waals surface area contributed by atoms with Crippen molar-refractivity contribution in [2.75, 3.05) is 18.4 Å². The second kappa shape index (κ2) is 7.72. The second-order valence-electron chi connectivity index (χ2n) is 6.84. The molecule has 6 nitrogen and oxygen atoms in total. The number of hydrogen-bond donors (Lipinski definition) is 2. The molecule has 0 radical (unpaired) electrons. The third-order valence-corrected chi connectivity index (χ3v) is 4.96. The molecule has 3 aromatic rings. The molecule has 6 heteroatoms. The lowest BCUT2D eigenvalue weighted by Crippen LogP contribution is -2.27. The van der Waals surface area contributed by atoms with Gasteiger partial charge in [-0.3, -0.25) is 10.1 Å². The van der Waals surface area contributed by atoms with Gasteiger partial charge in [-0.15, -0.1) is 0 Å². The monoisotopic (exact) mass is 361 g/mol. The van der Waals surface area contributed by atoms with Gasteiger partial charge in [-0.1, -0.05) is 42.5 Å². The maximum atomic E-state index is 12.6. The molecule has 27 heavy (non-hydrogen) atoms. The highest BCUT2D eigenvalue weighted by molar-refractivity contribution is 6.03. The summed E-state index contributed by atoms with van der Waals surface area (Å²) in [5, 5.41) is 10.7. The molecule has 1 aliphatic heterocycles. The highest BCUT2D eigenvalue weighted by atomic mass is 16.1. The predicted octanol–water partition coefficient (Wildman–Crippen LogP) is 3.20. The lowest BCUT2D eigenvalue weighted by molar-refractivity contribution is 0.102. The molecule has 1 fully saturated rings. The topological polar surface area (TPSA) is 71.8 Å². The fourth-order valence-corrected chi connectivity index (χ4v) is 3.38. The Labute approximate surface area is 158 Å². The molecular formula is C21H23N5O. The van der Waals surface area contributed by atoms with Crippen LogP contribution in [0.2, 0.25) is 0 Å². The van der Waals surface area contributed by atoms with E-state index in [1.54, 1.807) is 4.68 Å². The molecule has 1 aromatic heterocycles. The van der Waals surface area contributed by atoms with E-state index < -0.39 is 0 Å². The number of carbonyl (C=O) groups is 1. The van der Waals surface area contributed by atoms with Crippen molar-refractivity contribution in [3.63, 3.8) is 0 Å². The first-order valence-electron chi connectivity index (χ1n) is 9.29. The van der Waals surface area contributed by atoms with E-state index in [-0.39, 0.29) is 5.91 Å². The van der Waals surface area contributed by atoms with Gasteiger partial charge in [0.1, 0.15) is 0 Å². The Hall–Kier alpha value is -2.99. The maximum absolute atomic E-state index is 12.6. The van der Waals surface area contributed by atoms with Crippen LogP contribution in [0.15, 0.2) is 54.6 Å². The zero-order valence-corrected chi connectivity index (χ0v) is 15.4. The summed E-state index contributed by atoms with van der Waals surface area (Å²) in [6.07, 6.45) is 2.05. The number of amides is 1. The van der Waals surface area contributed by atoms with Crippen LogP contribution in [0, 0.1) is 0 Å². The first-order valence-corrected chi connectivity index (χ1v) is 9.29. The average molecular weight is 361 g/mol. The Kier molecular flexibility index (Phi) is 4.98. The van der Waals surface area contributed by atoms with Gasteiger partial charge in [0.25, 0.3) is 5.91 Å². The fourth-order valence-electron chi connectivity index (χ4n) is 3.38. The molecule has 0 aliphatic carbocycles. The molecular weight excluding hydrogens is 338 g/mol. The van der Waals surface area contributed by atoms with Gasteiger partial charge >= 0.3 is 0 Å². The minimum atomic E-state index is -0.179. The third-order valence-electron chi connectivity index (χ3n) is 4.96. The van der Waals surface area contributed by atoms with Crippen molar-refractivity contribution in [2.24, 2.45) is 7.05 Å². The van der Waals surface area contributed by atoms with E-state index in [2.05, 4.69) is 32.8 Å². The molecule has 2 heterocycles.